The van der Waals surface area contributed by atoms with Crippen LogP contribution < -0.4 is 0 Å². The summed E-state index contributed by atoms with van der Waals surface area (Å²) in [5, 5.41) is 18.0. The third kappa shape index (κ3) is 2.95. The van der Waals surface area contributed by atoms with Gasteiger partial charge in [-0.2, -0.15) is 5.10 Å². The van der Waals surface area contributed by atoms with Gasteiger partial charge >= 0.3 is 0 Å². The van der Waals surface area contributed by atoms with Gasteiger partial charge in [-0.1, -0.05) is 12.1 Å². The molecular formula is C23H14FN7O. The van der Waals surface area contributed by atoms with Crippen LogP contribution in [0.2, 0.25) is 0 Å². The maximum absolute atomic E-state index is 13.4. The lowest BCUT2D eigenvalue weighted by Gasteiger charge is -2.02. The molecule has 0 aliphatic rings. The molecule has 32 heavy (non-hydrogen) atoms. The fourth-order valence-corrected chi connectivity index (χ4v) is 3.71. The van der Waals surface area contributed by atoms with Crippen LogP contribution in [0, 0.1) is 5.82 Å². The number of imidazole rings is 1. The van der Waals surface area contributed by atoms with Gasteiger partial charge in [0.05, 0.1) is 40.8 Å². The molecule has 6 aromatic rings. The number of nitrogens with one attached hydrogen (secondary N) is 2. The fraction of sp³-hybridized carbons (Fsp3) is 0. The number of aromatic hydroxyl groups is 1. The van der Waals surface area contributed by atoms with Crippen LogP contribution in [0.5, 0.6) is 5.75 Å². The number of hydrogen-bond donors (Lipinski definition) is 3. The van der Waals surface area contributed by atoms with Crippen LogP contribution in [0.15, 0.2) is 67.4 Å². The molecule has 0 unspecified atom stereocenters. The van der Waals surface area contributed by atoms with Crippen LogP contribution in [0.4, 0.5) is 4.39 Å². The maximum Gasteiger partial charge on any atom is 0.159 e. The standard InChI is InChI=1S/C23H14FN7O/c24-14-3-1-12(2-4-14)17-9-26-10-20-21(17)29-23(28-20)22-16-6-18(27-11-19(16)30-31-22)13-5-15(32)8-25-7-13/h1-11,32H,(H,28,29)(H,30,31). The van der Waals surface area contributed by atoms with Crippen LogP contribution in [0.1, 0.15) is 0 Å². The Morgan fingerprint density at radius 3 is 2.53 bits per heavy atom. The first-order valence-electron chi connectivity index (χ1n) is 9.74. The Hall–Kier alpha value is -4.66. The molecular weight excluding hydrogens is 409 g/mol. The summed E-state index contributed by atoms with van der Waals surface area (Å²) in [5.41, 5.74) is 5.76. The number of H-pyrrole nitrogens is 2. The van der Waals surface area contributed by atoms with Crippen molar-refractivity contribution in [3.8, 4) is 39.7 Å². The van der Waals surface area contributed by atoms with E-state index in [4.69, 9.17) is 4.98 Å². The van der Waals surface area contributed by atoms with Gasteiger partial charge in [-0.05, 0) is 29.8 Å². The summed E-state index contributed by atoms with van der Waals surface area (Å²) < 4.78 is 13.4. The lowest BCUT2D eigenvalue weighted by Crippen LogP contribution is -1.86. The molecule has 9 heteroatoms. The molecule has 5 aromatic heterocycles. The number of aromatic nitrogens is 7. The summed E-state index contributed by atoms with van der Waals surface area (Å²) in [7, 11) is 0. The van der Waals surface area contributed by atoms with Crippen LogP contribution in [0.3, 0.4) is 0 Å². The molecule has 0 aliphatic heterocycles. The van der Waals surface area contributed by atoms with Crippen LogP contribution >= 0.6 is 0 Å². The first-order chi connectivity index (χ1) is 15.7. The van der Waals surface area contributed by atoms with Gasteiger partial charge in [0.2, 0.25) is 0 Å². The smallest absolute Gasteiger partial charge is 0.159 e. The van der Waals surface area contributed by atoms with Gasteiger partial charge < -0.3 is 10.1 Å². The minimum atomic E-state index is -0.300. The Labute approximate surface area is 179 Å². The summed E-state index contributed by atoms with van der Waals surface area (Å²) in [5.74, 6) is 0.328. The molecule has 0 radical (unpaired) electrons. The molecule has 6 rings (SSSR count). The van der Waals surface area contributed by atoms with Crippen LogP contribution in [-0.2, 0) is 0 Å². The molecule has 0 bridgehead atoms. The van der Waals surface area contributed by atoms with Crippen molar-refractivity contribution in [1.29, 1.82) is 0 Å². The van der Waals surface area contributed by atoms with E-state index >= 15 is 0 Å². The lowest BCUT2D eigenvalue weighted by molar-refractivity contribution is 0.473. The molecule has 8 nitrogen and oxygen atoms in total. The molecule has 0 spiro atoms. The normalized spacial score (nSPS) is 11.4. The highest BCUT2D eigenvalue weighted by molar-refractivity contribution is 5.97. The van der Waals surface area contributed by atoms with Crippen molar-refractivity contribution >= 4 is 21.9 Å². The fourth-order valence-electron chi connectivity index (χ4n) is 3.71. The van der Waals surface area contributed by atoms with Crippen molar-refractivity contribution in [2.24, 2.45) is 0 Å². The molecule has 3 N–H and O–H groups in total. The summed E-state index contributed by atoms with van der Waals surface area (Å²) in [4.78, 5) is 20.8. The van der Waals surface area contributed by atoms with E-state index in [9.17, 15) is 9.50 Å². The monoisotopic (exact) mass is 423 g/mol. The summed E-state index contributed by atoms with van der Waals surface area (Å²) in [6, 6.07) is 9.69. The predicted octanol–water partition coefficient (Wildman–Crippen LogP) is 4.47. The highest BCUT2D eigenvalue weighted by Gasteiger charge is 2.16. The average Bonchev–Trinajstić information content (AvgIpc) is 3.43. The van der Waals surface area contributed by atoms with E-state index in [1.54, 1.807) is 43.0 Å². The first kappa shape index (κ1) is 18.1. The van der Waals surface area contributed by atoms with Gasteiger partial charge in [-0.25, -0.2) is 9.37 Å². The van der Waals surface area contributed by atoms with Gasteiger partial charge in [-0.15, -0.1) is 0 Å². The van der Waals surface area contributed by atoms with E-state index in [2.05, 4.69) is 30.1 Å². The Kier molecular flexibility index (Phi) is 3.94. The Morgan fingerprint density at radius 1 is 0.844 bits per heavy atom. The zero-order valence-corrected chi connectivity index (χ0v) is 16.4. The average molecular weight is 423 g/mol. The van der Waals surface area contributed by atoms with E-state index in [1.807, 2.05) is 6.07 Å². The van der Waals surface area contributed by atoms with Crippen LogP contribution in [0.25, 0.3) is 55.8 Å². The van der Waals surface area contributed by atoms with E-state index in [-0.39, 0.29) is 11.6 Å². The topological polar surface area (TPSA) is 116 Å². The summed E-state index contributed by atoms with van der Waals surface area (Å²) >= 11 is 0. The molecule has 0 amide bonds. The molecule has 0 fully saturated rings. The molecule has 1 aromatic carbocycles. The number of aromatic amines is 2. The molecule has 0 atom stereocenters. The maximum atomic E-state index is 13.4. The second-order valence-electron chi connectivity index (χ2n) is 7.29. The van der Waals surface area contributed by atoms with Gasteiger partial charge in [0.25, 0.3) is 0 Å². The second-order valence-corrected chi connectivity index (χ2v) is 7.29. The molecule has 0 saturated carbocycles. The molecule has 0 aliphatic carbocycles. The minimum Gasteiger partial charge on any atom is -0.506 e. The Bertz CT molecular complexity index is 1600. The number of benzene rings is 1. The minimum absolute atomic E-state index is 0.0647. The number of nitrogens with zero attached hydrogens (tertiary/aromatic N) is 5. The van der Waals surface area contributed by atoms with E-state index in [0.29, 0.717) is 28.3 Å². The lowest BCUT2D eigenvalue weighted by atomic mass is 10.1. The number of halogens is 1. The van der Waals surface area contributed by atoms with Crippen molar-refractivity contribution in [2.75, 3.05) is 0 Å². The highest BCUT2D eigenvalue weighted by Crippen LogP contribution is 2.32. The Morgan fingerprint density at radius 2 is 1.69 bits per heavy atom. The third-order valence-electron chi connectivity index (χ3n) is 5.24. The number of hydrogen-bond acceptors (Lipinski definition) is 6. The molecule has 0 saturated heterocycles. The van der Waals surface area contributed by atoms with Crippen molar-refractivity contribution in [2.45, 2.75) is 0 Å². The van der Waals surface area contributed by atoms with Crippen LogP contribution in [-0.4, -0.2) is 40.2 Å². The predicted molar refractivity (Wildman–Crippen MR) is 117 cm³/mol. The number of pyridine rings is 3. The van der Waals surface area contributed by atoms with Crippen molar-refractivity contribution < 1.29 is 9.50 Å². The van der Waals surface area contributed by atoms with Gasteiger partial charge in [0.1, 0.15) is 17.3 Å². The Balaban J connectivity index is 1.50. The zero-order chi connectivity index (χ0) is 21.7. The summed E-state index contributed by atoms with van der Waals surface area (Å²) in [6.45, 7) is 0. The molecule has 154 valence electrons. The third-order valence-corrected chi connectivity index (χ3v) is 5.24. The number of fused-ring (bicyclic) bond motifs is 2. The highest BCUT2D eigenvalue weighted by atomic mass is 19.1. The largest absolute Gasteiger partial charge is 0.506 e. The first-order valence-corrected chi connectivity index (χ1v) is 9.74. The van der Waals surface area contributed by atoms with E-state index in [0.717, 1.165) is 27.5 Å². The van der Waals surface area contributed by atoms with E-state index < -0.39 is 0 Å². The zero-order valence-electron chi connectivity index (χ0n) is 16.4. The van der Waals surface area contributed by atoms with Crippen molar-refractivity contribution in [3.63, 3.8) is 0 Å². The van der Waals surface area contributed by atoms with Gasteiger partial charge in [0.15, 0.2) is 5.82 Å². The number of rotatable bonds is 3. The van der Waals surface area contributed by atoms with Crippen molar-refractivity contribution in [1.82, 2.24) is 35.1 Å². The SMILES string of the molecule is Oc1cncc(-c2cc3c(-c4nc5c(-c6ccc(F)cc6)cncc5[nH]4)n[nH]c3cn2)c1. The van der Waals surface area contributed by atoms with E-state index in [1.165, 1.54) is 18.3 Å². The summed E-state index contributed by atoms with van der Waals surface area (Å²) in [6.07, 6.45) is 8.08. The van der Waals surface area contributed by atoms with Gasteiger partial charge in [-0.3, -0.25) is 20.1 Å². The van der Waals surface area contributed by atoms with Crippen molar-refractivity contribution in [3.05, 3.63) is 73.2 Å². The quantitative estimate of drug-likeness (QED) is 0.387. The second kappa shape index (κ2) is 6.95. The molecule has 5 heterocycles. The van der Waals surface area contributed by atoms with Gasteiger partial charge in [0, 0.05) is 28.9 Å².